The average molecular weight is 217 g/mol. The summed E-state index contributed by atoms with van der Waals surface area (Å²) in [5, 5.41) is 3.30. The highest BCUT2D eigenvalue weighted by Crippen LogP contribution is 2.15. The molecule has 2 rings (SSSR count). The van der Waals surface area contributed by atoms with Crippen molar-refractivity contribution in [1.29, 1.82) is 0 Å². The largest absolute Gasteiger partial charge is 0.489 e. The summed E-state index contributed by atoms with van der Waals surface area (Å²) in [5.74, 6) is 0.985. The molecule has 0 spiro atoms. The number of aryl methyl sites for hydroxylation is 1. The van der Waals surface area contributed by atoms with E-state index in [1.807, 2.05) is 6.07 Å². The third kappa shape index (κ3) is 3.11. The standard InChI is InChI=1S/C14H19NO/c1-2-12-4-3-5-14(10-12)16-11-13-6-8-15-9-7-13/h3-6,10,15H,2,7-9,11H2,1H3. The van der Waals surface area contributed by atoms with Crippen LogP contribution in [0.25, 0.3) is 0 Å². The minimum atomic E-state index is 0.731. The first-order valence-corrected chi connectivity index (χ1v) is 5.99. The summed E-state index contributed by atoms with van der Waals surface area (Å²) in [6, 6.07) is 8.35. The van der Waals surface area contributed by atoms with Gasteiger partial charge in [0.2, 0.25) is 0 Å². The number of benzene rings is 1. The van der Waals surface area contributed by atoms with Gasteiger partial charge in [0.15, 0.2) is 0 Å². The topological polar surface area (TPSA) is 21.3 Å². The molecule has 1 N–H and O–H groups in total. The first kappa shape index (κ1) is 11.2. The Bertz CT molecular complexity index is 371. The van der Waals surface area contributed by atoms with Crippen LogP contribution in [-0.4, -0.2) is 19.7 Å². The molecule has 0 saturated carbocycles. The maximum Gasteiger partial charge on any atom is 0.120 e. The van der Waals surface area contributed by atoms with E-state index in [4.69, 9.17) is 4.74 Å². The van der Waals surface area contributed by atoms with Gasteiger partial charge in [0.1, 0.15) is 12.4 Å². The van der Waals surface area contributed by atoms with E-state index in [0.29, 0.717) is 0 Å². The second-order valence-corrected chi connectivity index (χ2v) is 4.11. The summed E-state index contributed by atoms with van der Waals surface area (Å²) in [6.07, 6.45) is 4.39. The van der Waals surface area contributed by atoms with E-state index in [9.17, 15) is 0 Å². The molecule has 1 aromatic rings. The molecule has 0 saturated heterocycles. The highest BCUT2D eigenvalue weighted by molar-refractivity contribution is 5.29. The van der Waals surface area contributed by atoms with Crippen molar-refractivity contribution in [1.82, 2.24) is 5.32 Å². The molecule has 0 radical (unpaired) electrons. The summed E-state index contributed by atoms with van der Waals surface area (Å²) < 4.78 is 5.79. The lowest BCUT2D eigenvalue weighted by atomic mass is 10.1. The fourth-order valence-corrected chi connectivity index (χ4v) is 1.83. The van der Waals surface area contributed by atoms with Crippen LogP contribution in [0.5, 0.6) is 5.75 Å². The fourth-order valence-electron chi connectivity index (χ4n) is 1.83. The predicted molar refractivity (Wildman–Crippen MR) is 66.9 cm³/mol. The van der Waals surface area contributed by atoms with Gasteiger partial charge in [0.25, 0.3) is 0 Å². The SMILES string of the molecule is CCc1cccc(OCC2=CCNCC2)c1. The van der Waals surface area contributed by atoms with Crippen LogP contribution < -0.4 is 10.1 Å². The lowest BCUT2D eigenvalue weighted by Crippen LogP contribution is -2.22. The Labute approximate surface area is 97.3 Å². The zero-order chi connectivity index (χ0) is 11.2. The van der Waals surface area contributed by atoms with Crippen molar-refractivity contribution in [2.45, 2.75) is 19.8 Å². The molecular weight excluding hydrogens is 198 g/mol. The van der Waals surface area contributed by atoms with E-state index in [1.165, 1.54) is 11.1 Å². The van der Waals surface area contributed by atoms with Crippen molar-refractivity contribution >= 4 is 0 Å². The Hall–Kier alpha value is -1.28. The third-order valence-electron chi connectivity index (χ3n) is 2.89. The van der Waals surface area contributed by atoms with Gasteiger partial charge in [0, 0.05) is 6.54 Å². The van der Waals surface area contributed by atoms with E-state index in [2.05, 4.69) is 36.5 Å². The van der Waals surface area contributed by atoms with Gasteiger partial charge >= 0.3 is 0 Å². The molecule has 86 valence electrons. The maximum absolute atomic E-state index is 5.79. The van der Waals surface area contributed by atoms with Crippen molar-refractivity contribution in [3.05, 3.63) is 41.5 Å². The second kappa shape index (κ2) is 5.71. The molecule has 1 aliphatic heterocycles. The molecule has 0 aliphatic carbocycles. The second-order valence-electron chi connectivity index (χ2n) is 4.11. The van der Waals surface area contributed by atoms with Gasteiger partial charge in [-0.15, -0.1) is 0 Å². The Kier molecular flexibility index (Phi) is 4.00. The molecule has 2 heteroatoms. The van der Waals surface area contributed by atoms with Crippen LogP contribution in [0.1, 0.15) is 18.9 Å². The van der Waals surface area contributed by atoms with Gasteiger partial charge in [-0.05, 0) is 42.7 Å². The summed E-state index contributed by atoms with van der Waals surface area (Å²) in [7, 11) is 0. The molecule has 0 unspecified atom stereocenters. The molecule has 0 fully saturated rings. The summed E-state index contributed by atoms with van der Waals surface area (Å²) in [6.45, 7) is 4.95. The van der Waals surface area contributed by atoms with Crippen LogP contribution in [0.3, 0.4) is 0 Å². The Morgan fingerprint density at radius 3 is 3.06 bits per heavy atom. The van der Waals surface area contributed by atoms with Crippen LogP contribution in [0.4, 0.5) is 0 Å². The fraction of sp³-hybridized carbons (Fsp3) is 0.429. The molecule has 16 heavy (non-hydrogen) atoms. The smallest absolute Gasteiger partial charge is 0.120 e. The first-order chi connectivity index (χ1) is 7.88. The van der Waals surface area contributed by atoms with Gasteiger partial charge in [-0.3, -0.25) is 0 Å². The van der Waals surface area contributed by atoms with Gasteiger partial charge in [-0.2, -0.15) is 0 Å². The molecular formula is C14H19NO. The highest BCUT2D eigenvalue weighted by Gasteiger charge is 2.03. The molecule has 2 nitrogen and oxygen atoms in total. The molecule has 1 heterocycles. The quantitative estimate of drug-likeness (QED) is 0.783. The number of hydrogen-bond acceptors (Lipinski definition) is 2. The number of nitrogens with one attached hydrogen (secondary N) is 1. The molecule has 1 aromatic carbocycles. The number of rotatable bonds is 4. The van der Waals surface area contributed by atoms with E-state index in [-0.39, 0.29) is 0 Å². The third-order valence-corrected chi connectivity index (χ3v) is 2.89. The van der Waals surface area contributed by atoms with Crippen molar-refractivity contribution in [2.75, 3.05) is 19.7 Å². The van der Waals surface area contributed by atoms with Crippen molar-refractivity contribution < 1.29 is 4.74 Å². The lowest BCUT2D eigenvalue weighted by Gasteiger charge is -2.15. The van der Waals surface area contributed by atoms with Crippen LogP contribution in [0.15, 0.2) is 35.9 Å². The Morgan fingerprint density at radius 2 is 2.31 bits per heavy atom. The molecule has 0 bridgehead atoms. The predicted octanol–water partition coefficient (Wildman–Crippen LogP) is 2.55. The first-order valence-electron chi connectivity index (χ1n) is 5.99. The summed E-state index contributed by atoms with van der Waals surface area (Å²) in [5.41, 5.74) is 2.73. The van der Waals surface area contributed by atoms with Crippen LogP contribution in [0, 0.1) is 0 Å². The van der Waals surface area contributed by atoms with Crippen molar-refractivity contribution in [3.8, 4) is 5.75 Å². The van der Waals surface area contributed by atoms with E-state index >= 15 is 0 Å². The monoisotopic (exact) mass is 217 g/mol. The van der Waals surface area contributed by atoms with Crippen LogP contribution in [0.2, 0.25) is 0 Å². The van der Waals surface area contributed by atoms with Gasteiger partial charge < -0.3 is 10.1 Å². The molecule has 0 aromatic heterocycles. The molecule has 0 atom stereocenters. The normalized spacial score (nSPS) is 15.7. The maximum atomic E-state index is 5.79. The van der Waals surface area contributed by atoms with Gasteiger partial charge in [-0.1, -0.05) is 25.1 Å². The highest BCUT2D eigenvalue weighted by atomic mass is 16.5. The minimum Gasteiger partial charge on any atom is -0.489 e. The van der Waals surface area contributed by atoms with Crippen molar-refractivity contribution in [2.24, 2.45) is 0 Å². The van der Waals surface area contributed by atoms with Crippen molar-refractivity contribution in [3.63, 3.8) is 0 Å². The Balaban J connectivity index is 1.91. The summed E-state index contributed by atoms with van der Waals surface area (Å²) >= 11 is 0. The van der Waals surface area contributed by atoms with E-state index in [1.54, 1.807) is 0 Å². The van der Waals surface area contributed by atoms with E-state index in [0.717, 1.165) is 38.3 Å². The zero-order valence-corrected chi connectivity index (χ0v) is 9.83. The van der Waals surface area contributed by atoms with Gasteiger partial charge in [0.05, 0.1) is 0 Å². The molecule has 1 aliphatic rings. The number of hydrogen-bond donors (Lipinski definition) is 1. The van der Waals surface area contributed by atoms with Gasteiger partial charge in [-0.25, -0.2) is 0 Å². The zero-order valence-electron chi connectivity index (χ0n) is 9.83. The summed E-state index contributed by atoms with van der Waals surface area (Å²) in [4.78, 5) is 0. The lowest BCUT2D eigenvalue weighted by molar-refractivity contribution is 0.344. The molecule has 0 amide bonds. The van der Waals surface area contributed by atoms with Crippen LogP contribution in [-0.2, 0) is 6.42 Å². The van der Waals surface area contributed by atoms with Crippen LogP contribution >= 0.6 is 0 Å². The number of ether oxygens (including phenoxy) is 1. The minimum absolute atomic E-state index is 0.731. The van der Waals surface area contributed by atoms with E-state index < -0.39 is 0 Å². The average Bonchev–Trinajstić information content (AvgIpc) is 2.38. The Morgan fingerprint density at radius 1 is 1.38 bits per heavy atom.